The first kappa shape index (κ1) is 15.1. The van der Waals surface area contributed by atoms with Crippen LogP contribution in [0, 0.1) is 0 Å². The van der Waals surface area contributed by atoms with Gasteiger partial charge in [-0.2, -0.15) is 0 Å². The molecule has 4 nitrogen and oxygen atoms in total. The van der Waals surface area contributed by atoms with Crippen LogP contribution in [0.4, 0.5) is 0 Å². The van der Waals surface area contributed by atoms with Gasteiger partial charge in [0.25, 0.3) is 0 Å². The van der Waals surface area contributed by atoms with Gasteiger partial charge in [0.2, 0.25) is 0 Å². The van der Waals surface area contributed by atoms with E-state index in [4.69, 9.17) is 5.11 Å². The Balaban J connectivity index is 0. The molecule has 0 aliphatic carbocycles. The molecular formula is C8H20O4Si. The molecule has 0 bridgehead atoms. The zero-order chi connectivity index (χ0) is 10.9. The third-order valence-electron chi connectivity index (χ3n) is 1.60. The zero-order valence-corrected chi connectivity index (χ0v) is 11.1. The van der Waals surface area contributed by atoms with Gasteiger partial charge in [-0.25, -0.2) is 4.79 Å². The number of hydrogen-bond acceptors (Lipinski definition) is 4. The summed E-state index contributed by atoms with van der Waals surface area (Å²) in [6.45, 7) is 6.02. The second-order valence-electron chi connectivity index (χ2n) is 2.70. The van der Waals surface area contributed by atoms with Gasteiger partial charge in [0.1, 0.15) is 10.5 Å². The van der Waals surface area contributed by atoms with Crippen molar-refractivity contribution in [1.82, 2.24) is 0 Å². The van der Waals surface area contributed by atoms with E-state index in [0.29, 0.717) is 6.42 Å². The predicted octanol–water partition coefficient (Wildman–Crippen LogP) is -0.376. The topological polar surface area (TPSA) is 55.8 Å². The molecule has 0 aromatic carbocycles. The van der Waals surface area contributed by atoms with Crippen molar-refractivity contribution in [3.8, 4) is 0 Å². The number of aliphatic hydroxyl groups is 1. The first-order valence-electron chi connectivity index (χ1n) is 4.25. The highest BCUT2D eigenvalue weighted by molar-refractivity contribution is 5.97. The van der Waals surface area contributed by atoms with E-state index in [1.165, 1.54) is 14.0 Å². The maximum Gasteiger partial charge on any atom is 0.337 e. The van der Waals surface area contributed by atoms with E-state index < -0.39 is 11.6 Å². The zero-order valence-electron chi connectivity index (χ0n) is 9.09. The molecule has 0 aliphatic rings. The quantitative estimate of drug-likeness (QED) is 0.507. The van der Waals surface area contributed by atoms with Crippen LogP contribution >= 0.6 is 0 Å². The molecular weight excluding hydrogens is 188 g/mol. The number of rotatable bonds is 3. The van der Waals surface area contributed by atoms with Crippen molar-refractivity contribution in [1.29, 1.82) is 0 Å². The molecule has 80 valence electrons. The maximum atomic E-state index is 10.6. The normalized spacial score (nSPS) is 13.9. The minimum atomic E-state index is -1.31. The molecule has 5 heteroatoms. The molecule has 13 heavy (non-hydrogen) atoms. The van der Waals surface area contributed by atoms with Gasteiger partial charge in [0.05, 0.1) is 7.11 Å². The Hall–Kier alpha value is -0.393. The third kappa shape index (κ3) is 7.95. The lowest BCUT2D eigenvalue weighted by atomic mass is 10.1. The number of esters is 1. The van der Waals surface area contributed by atoms with E-state index in [9.17, 15) is 4.79 Å². The van der Waals surface area contributed by atoms with Crippen LogP contribution in [0.2, 0.25) is 0 Å². The summed E-state index contributed by atoms with van der Waals surface area (Å²) in [5.74, 6) is -0.579. The summed E-state index contributed by atoms with van der Waals surface area (Å²) in [6.07, 6.45) is 0.375. The van der Waals surface area contributed by atoms with Gasteiger partial charge in [0.15, 0.2) is 5.60 Å². The van der Waals surface area contributed by atoms with E-state index >= 15 is 0 Å². The van der Waals surface area contributed by atoms with E-state index in [1.54, 1.807) is 6.92 Å². The summed E-state index contributed by atoms with van der Waals surface area (Å²) in [7, 11) is 2.15. The third-order valence-corrected chi connectivity index (χ3v) is 2.18. The summed E-state index contributed by atoms with van der Waals surface area (Å²) in [5, 5.41) is 9.12. The molecule has 1 atom stereocenters. The van der Waals surface area contributed by atoms with Crippen LogP contribution in [0.15, 0.2) is 0 Å². The molecule has 0 saturated heterocycles. The molecule has 0 spiro atoms. The van der Waals surface area contributed by atoms with Gasteiger partial charge in [-0.1, -0.05) is 6.92 Å². The number of hydrogen-bond donors (Lipinski definition) is 1. The highest BCUT2D eigenvalue weighted by Crippen LogP contribution is 2.09. The monoisotopic (exact) mass is 208 g/mol. The molecule has 1 unspecified atom stereocenters. The van der Waals surface area contributed by atoms with Crippen molar-refractivity contribution in [3.63, 3.8) is 0 Å². The SMILES string of the molecule is CCC(C)(O)C(=O)OC.CCO[SiH3]. The van der Waals surface area contributed by atoms with Crippen LogP contribution < -0.4 is 0 Å². The van der Waals surface area contributed by atoms with Gasteiger partial charge in [-0.3, -0.25) is 0 Å². The predicted molar refractivity (Wildman–Crippen MR) is 54.5 cm³/mol. The van der Waals surface area contributed by atoms with Crippen LogP contribution in [0.3, 0.4) is 0 Å². The van der Waals surface area contributed by atoms with Gasteiger partial charge < -0.3 is 14.3 Å². The highest BCUT2D eigenvalue weighted by Gasteiger charge is 2.28. The number of carbonyl (C=O) groups is 1. The average molecular weight is 208 g/mol. The fourth-order valence-corrected chi connectivity index (χ4v) is 0.364. The number of methoxy groups -OCH3 is 1. The van der Waals surface area contributed by atoms with Gasteiger partial charge in [0, 0.05) is 6.61 Å². The summed E-state index contributed by atoms with van der Waals surface area (Å²) >= 11 is 0. The molecule has 0 saturated carbocycles. The molecule has 0 aromatic rings. The maximum absolute atomic E-state index is 10.6. The summed E-state index contributed by atoms with van der Waals surface area (Å²) < 4.78 is 9.00. The minimum Gasteiger partial charge on any atom is -0.467 e. The molecule has 0 aliphatic heterocycles. The summed E-state index contributed by atoms with van der Waals surface area (Å²) in [5.41, 5.74) is -1.31. The fraction of sp³-hybridized carbons (Fsp3) is 0.875. The Morgan fingerprint density at radius 3 is 2.00 bits per heavy atom. The van der Waals surface area contributed by atoms with Crippen LogP contribution in [0.25, 0.3) is 0 Å². The van der Waals surface area contributed by atoms with Crippen molar-refractivity contribution >= 4 is 16.5 Å². The second-order valence-corrected chi connectivity index (χ2v) is 3.27. The van der Waals surface area contributed by atoms with Crippen molar-refractivity contribution < 1.29 is 19.1 Å². The van der Waals surface area contributed by atoms with Crippen LogP contribution in [-0.4, -0.2) is 40.9 Å². The van der Waals surface area contributed by atoms with Crippen molar-refractivity contribution in [2.24, 2.45) is 0 Å². The van der Waals surface area contributed by atoms with E-state index in [0.717, 1.165) is 17.1 Å². The molecule has 0 heterocycles. The van der Waals surface area contributed by atoms with E-state index in [-0.39, 0.29) is 0 Å². The lowest BCUT2D eigenvalue weighted by Gasteiger charge is -2.16. The van der Waals surface area contributed by atoms with Gasteiger partial charge in [-0.15, -0.1) is 0 Å². The lowest BCUT2D eigenvalue weighted by molar-refractivity contribution is -0.160. The number of carbonyl (C=O) groups excluding carboxylic acids is 1. The Kier molecular flexibility index (Phi) is 9.54. The Labute approximate surface area is 82.8 Å². The van der Waals surface area contributed by atoms with E-state index in [2.05, 4.69) is 9.16 Å². The van der Waals surface area contributed by atoms with Crippen molar-refractivity contribution in [2.75, 3.05) is 13.7 Å². The second kappa shape index (κ2) is 8.22. The molecule has 1 N–H and O–H groups in total. The molecule has 0 radical (unpaired) electrons. The van der Waals surface area contributed by atoms with Crippen LogP contribution in [0.5, 0.6) is 0 Å². The first-order chi connectivity index (χ1) is 5.96. The smallest absolute Gasteiger partial charge is 0.337 e. The molecule has 0 amide bonds. The Morgan fingerprint density at radius 1 is 1.54 bits per heavy atom. The standard InChI is InChI=1S/C6H12O3.C2H8OSi/c1-4-6(2,8)5(7)9-3;1-2-3-4/h8H,4H2,1-3H3;2H2,1,4H3. The van der Waals surface area contributed by atoms with E-state index in [1.807, 2.05) is 6.92 Å². The minimum absolute atomic E-state index is 0.375. The number of ether oxygens (including phenoxy) is 1. The molecule has 0 aromatic heterocycles. The van der Waals surface area contributed by atoms with Gasteiger partial charge >= 0.3 is 5.97 Å². The molecule has 0 rings (SSSR count). The van der Waals surface area contributed by atoms with Crippen LogP contribution in [-0.2, 0) is 14.0 Å². The van der Waals surface area contributed by atoms with Gasteiger partial charge in [-0.05, 0) is 20.3 Å². The summed E-state index contributed by atoms with van der Waals surface area (Å²) in [6, 6.07) is 0. The first-order valence-corrected chi connectivity index (χ1v) is 5.07. The van der Waals surface area contributed by atoms with Crippen LogP contribution in [0.1, 0.15) is 27.2 Å². The van der Waals surface area contributed by atoms with Crippen molar-refractivity contribution in [3.05, 3.63) is 0 Å². The molecule has 0 fully saturated rings. The fourth-order valence-electron chi connectivity index (χ4n) is 0.364. The summed E-state index contributed by atoms with van der Waals surface area (Å²) in [4.78, 5) is 10.6. The largest absolute Gasteiger partial charge is 0.467 e. The highest BCUT2D eigenvalue weighted by atomic mass is 28.2. The average Bonchev–Trinajstić information content (AvgIpc) is 2.16. The lowest BCUT2D eigenvalue weighted by Crippen LogP contribution is -2.35. The van der Waals surface area contributed by atoms with Crippen molar-refractivity contribution in [2.45, 2.75) is 32.8 Å². The Morgan fingerprint density at radius 2 is 1.92 bits per heavy atom. The Bertz CT molecular complexity index is 134.